The number of hydrogen-bond donors (Lipinski definition) is 1. The second-order valence-electron chi connectivity index (χ2n) is 6.31. The van der Waals surface area contributed by atoms with E-state index in [0.717, 1.165) is 18.5 Å². The Bertz CT molecular complexity index is 412. The SMILES string of the molecule is CCNC(CN1CC2CCC1C2)c1ccc(C)cc1. The van der Waals surface area contributed by atoms with Crippen molar-refractivity contribution in [1.82, 2.24) is 10.2 Å². The topological polar surface area (TPSA) is 15.3 Å². The van der Waals surface area contributed by atoms with Crippen LogP contribution in [0.3, 0.4) is 0 Å². The lowest BCUT2D eigenvalue weighted by Crippen LogP contribution is -2.39. The average molecular weight is 258 g/mol. The molecule has 1 N–H and O–H groups in total. The Morgan fingerprint density at radius 2 is 2.05 bits per heavy atom. The van der Waals surface area contributed by atoms with E-state index in [-0.39, 0.29) is 0 Å². The molecule has 2 bridgehead atoms. The highest BCUT2D eigenvalue weighted by Gasteiger charge is 2.38. The second kappa shape index (κ2) is 5.64. The molecule has 0 radical (unpaired) electrons. The fraction of sp³-hybridized carbons (Fsp3) is 0.647. The molecule has 1 saturated heterocycles. The first-order chi connectivity index (χ1) is 9.26. The van der Waals surface area contributed by atoms with Gasteiger partial charge in [-0.3, -0.25) is 4.90 Å². The highest BCUT2D eigenvalue weighted by atomic mass is 15.2. The zero-order valence-corrected chi connectivity index (χ0v) is 12.2. The number of benzene rings is 1. The molecular weight excluding hydrogens is 232 g/mol. The molecule has 1 heterocycles. The number of aryl methyl sites for hydroxylation is 1. The van der Waals surface area contributed by atoms with Crippen LogP contribution in [0.25, 0.3) is 0 Å². The van der Waals surface area contributed by atoms with Gasteiger partial charge in [-0.05, 0) is 44.2 Å². The number of nitrogens with one attached hydrogen (secondary N) is 1. The second-order valence-corrected chi connectivity index (χ2v) is 6.31. The molecule has 19 heavy (non-hydrogen) atoms. The van der Waals surface area contributed by atoms with Crippen molar-refractivity contribution >= 4 is 0 Å². The maximum absolute atomic E-state index is 3.66. The molecule has 1 aromatic rings. The molecule has 0 amide bonds. The molecule has 0 aromatic heterocycles. The van der Waals surface area contributed by atoms with Crippen LogP contribution in [0.4, 0.5) is 0 Å². The van der Waals surface area contributed by atoms with Crippen LogP contribution in [0.2, 0.25) is 0 Å². The first-order valence-corrected chi connectivity index (χ1v) is 7.80. The van der Waals surface area contributed by atoms with E-state index < -0.39 is 0 Å². The number of hydrogen-bond acceptors (Lipinski definition) is 2. The van der Waals surface area contributed by atoms with Crippen molar-refractivity contribution in [3.63, 3.8) is 0 Å². The van der Waals surface area contributed by atoms with Gasteiger partial charge in [0.05, 0.1) is 0 Å². The van der Waals surface area contributed by atoms with E-state index >= 15 is 0 Å². The normalized spacial score (nSPS) is 27.9. The van der Waals surface area contributed by atoms with Gasteiger partial charge in [-0.25, -0.2) is 0 Å². The predicted octanol–water partition coefficient (Wildman–Crippen LogP) is 3.13. The van der Waals surface area contributed by atoms with Crippen molar-refractivity contribution in [2.75, 3.05) is 19.6 Å². The molecule has 2 fully saturated rings. The van der Waals surface area contributed by atoms with E-state index in [1.165, 1.54) is 43.5 Å². The molecule has 1 aliphatic heterocycles. The molecule has 2 heteroatoms. The lowest BCUT2D eigenvalue weighted by atomic mass is 10.0. The molecule has 2 aliphatic rings. The molecular formula is C17H26N2. The molecule has 1 aliphatic carbocycles. The summed E-state index contributed by atoms with van der Waals surface area (Å²) in [6, 6.07) is 10.4. The maximum atomic E-state index is 3.66. The van der Waals surface area contributed by atoms with Crippen molar-refractivity contribution in [2.45, 2.75) is 45.2 Å². The quantitative estimate of drug-likeness (QED) is 0.873. The number of rotatable bonds is 5. The molecule has 1 saturated carbocycles. The summed E-state index contributed by atoms with van der Waals surface area (Å²) in [6.07, 6.45) is 4.35. The summed E-state index contributed by atoms with van der Waals surface area (Å²) in [7, 11) is 0. The molecule has 2 nitrogen and oxygen atoms in total. The van der Waals surface area contributed by atoms with E-state index in [0.29, 0.717) is 6.04 Å². The van der Waals surface area contributed by atoms with Crippen LogP contribution in [0.5, 0.6) is 0 Å². The van der Waals surface area contributed by atoms with Gasteiger partial charge in [0.1, 0.15) is 0 Å². The lowest BCUT2D eigenvalue weighted by molar-refractivity contribution is 0.192. The summed E-state index contributed by atoms with van der Waals surface area (Å²) in [5, 5.41) is 3.66. The number of nitrogens with zero attached hydrogens (tertiary/aromatic N) is 1. The van der Waals surface area contributed by atoms with Gasteiger partial charge in [-0.1, -0.05) is 36.8 Å². The Kier molecular flexibility index (Phi) is 3.90. The summed E-state index contributed by atoms with van der Waals surface area (Å²) in [4.78, 5) is 2.72. The first-order valence-electron chi connectivity index (χ1n) is 7.80. The Morgan fingerprint density at radius 1 is 1.26 bits per heavy atom. The van der Waals surface area contributed by atoms with E-state index in [9.17, 15) is 0 Å². The van der Waals surface area contributed by atoms with Crippen molar-refractivity contribution in [3.05, 3.63) is 35.4 Å². The molecule has 1 aromatic carbocycles. The third-order valence-electron chi connectivity index (χ3n) is 4.87. The number of likely N-dealkylation sites (tertiary alicyclic amines) is 1. The fourth-order valence-electron chi connectivity index (χ4n) is 3.82. The van der Waals surface area contributed by atoms with Crippen LogP contribution in [0, 0.1) is 12.8 Å². The van der Waals surface area contributed by atoms with Gasteiger partial charge >= 0.3 is 0 Å². The molecule has 3 unspecified atom stereocenters. The average Bonchev–Trinajstić information content (AvgIpc) is 3.01. The Labute approximate surface area is 117 Å². The summed E-state index contributed by atoms with van der Waals surface area (Å²) in [5.74, 6) is 0.991. The third-order valence-corrected chi connectivity index (χ3v) is 4.87. The molecule has 3 rings (SSSR count). The number of likely N-dealkylation sites (N-methyl/N-ethyl adjacent to an activating group) is 1. The Morgan fingerprint density at radius 3 is 2.63 bits per heavy atom. The van der Waals surface area contributed by atoms with Crippen LogP contribution in [0.1, 0.15) is 43.4 Å². The monoisotopic (exact) mass is 258 g/mol. The van der Waals surface area contributed by atoms with E-state index in [2.05, 4.69) is 48.3 Å². The standard InChI is InChI=1S/C17H26N2/c1-3-18-17(15-7-4-13(2)5-8-15)12-19-11-14-6-9-16(19)10-14/h4-5,7-8,14,16-18H,3,6,9-12H2,1-2H3. The number of piperidine rings is 1. The summed E-state index contributed by atoms with van der Waals surface area (Å²) in [5.41, 5.74) is 2.79. The molecule has 3 atom stereocenters. The van der Waals surface area contributed by atoms with Gasteiger partial charge in [0.15, 0.2) is 0 Å². The van der Waals surface area contributed by atoms with Gasteiger partial charge in [0.2, 0.25) is 0 Å². The van der Waals surface area contributed by atoms with Crippen LogP contribution in [-0.4, -0.2) is 30.6 Å². The van der Waals surface area contributed by atoms with Crippen LogP contribution < -0.4 is 5.32 Å². The third kappa shape index (κ3) is 2.85. The zero-order chi connectivity index (χ0) is 13.2. The lowest BCUT2D eigenvalue weighted by Gasteiger charge is -2.31. The largest absolute Gasteiger partial charge is 0.309 e. The maximum Gasteiger partial charge on any atom is 0.0449 e. The summed E-state index contributed by atoms with van der Waals surface area (Å²) >= 11 is 0. The fourth-order valence-corrected chi connectivity index (χ4v) is 3.82. The molecule has 0 spiro atoms. The highest BCUT2D eigenvalue weighted by molar-refractivity contribution is 5.24. The van der Waals surface area contributed by atoms with Gasteiger partial charge in [-0.15, -0.1) is 0 Å². The summed E-state index contributed by atoms with van der Waals surface area (Å²) in [6.45, 7) is 7.92. The minimum atomic E-state index is 0.491. The van der Waals surface area contributed by atoms with Gasteiger partial charge in [-0.2, -0.15) is 0 Å². The van der Waals surface area contributed by atoms with Gasteiger partial charge in [0.25, 0.3) is 0 Å². The summed E-state index contributed by atoms with van der Waals surface area (Å²) < 4.78 is 0. The van der Waals surface area contributed by atoms with Crippen LogP contribution >= 0.6 is 0 Å². The van der Waals surface area contributed by atoms with Gasteiger partial charge in [0, 0.05) is 25.2 Å². The van der Waals surface area contributed by atoms with E-state index in [1.807, 2.05) is 0 Å². The van der Waals surface area contributed by atoms with Crippen LogP contribution in [0.15, 0.2) is 24.3 Å². The Hall–Kier alpha value is -0.860. The molecule has 104 valence electrons. The number of fused-ring (bicyclic) bond motifs is 2. The predicted molar refractivity (Wildman–Crippen MR) is 80.3 cm³/mol. The van der Waals surface area contributed by atoms with Crippen molar-refractivity contribution in [3.8, 4) is 0 Å². The van der Waals surface area contributed by atoms with Crippen LogP contribution in [-0.2, 0) is 0 Å². The Balaban J connectivity index is 1.68. The first kappa shape index (κ1) is 13.1. The van der Waals surface area contributed by atoms with E-state index in [4.69, 9.17) is 0 Å². The minimum Gasteiger partial charge on any atom is -0.309 e. The van der Waals surface area contributed by atoms with E-state index in [1.54, 1.807) is 0 Å². The zero-order valence-electron chi connectivity index (χ0n) is 12.2. The van der Waals surface area contributed by atoms with Gasteiger partial charge < -0.3 is 5.32 Å². The minimum absolute atomic E-state index is 0.491. The van der Waals surface area contributed by atoms with Crippen molar-refractivity contribution in [2.24, 2.45) is 5.92 Å². The smallest absolute Gasteiger partial charge is 0.0449 e. The highest BCUT2D eigenvalue weighted by Crippen LogP contribution is 2.38. The van der Waals surface area contributed by atoms with Crippen molar-refractivity contribution in [1.29, 1.82) is 0 Å². The van der Waals surface area contributed by atoms with Crippen molar-refractivity contribution < 1.29 is 0 Å².